The molecule has 0 spiro atoms. The third-order valence-electron chi connectivity index (χ3n) is 8.18. The standard InChI is InChI=1S/C33H32N4O2/c38-33-29(30(18-34-33)25-4-2-1-3-5-25)16-24-10-14-28-31(35-36-32(28)17-24)15-11-22-6-8-23(9-7-22)19-37-20-26-12-13-27(21-37)39-26/h1-11,14-17,26-27,30H,12-13,18-21H2,(H,34,38)(H,35,36)/b15-11+,29-16+. The Kier molecular flexibility index (Phi) is 6.35. The second-order valence-corrected chi connectivity index (χ2v) is 10.9. The molecule has 3 fully saturated rings. The van der Waals surface area contributed by atoms with Gasteiger partial charge in [0.2, 0.25) is 5.91 Å². The van der Waals surface area contributed by atoms with Gasteiger partial charge in [-0.1, -0.05) is 66.7 Å². The molecule has 1 amide bonds. The van der Waals surface area contributed by atoms with Gasteiger partial charge in [-0.05, 0) is 59.4 Å². The van der Waals surface area contributed by atoms with Crippen molar-refractivity contribution in [2.45, 2.75) is 37.5 Å². The maximum atomic E-state index is 12.6. The Morgan fingerprint density at radius 3 is 2.49 bits per heavy atom. The molecule has 3 aliphatic rings. The Hall–Kier alpha value is -4.00. The molecule has 3 aromatic carbocycles. The summed E-state index contributed by atoms with van der Waals surface area (Å²) >= 11 is 0. The smallest absolute Gasteiger partial charge is 0.247 e. The normalized spacial score (nSPS) is 24.3. The maximum Gasteiger partial charge on any atom is 0.247 e. The van der Waals surface area contributed by atoms with Crippen molar-refractivity contribution in [3.63, 3.8) is 0 Å². The molecule has 0 saturated carbocycles. The molecular formula is C33H32N4O2. The number of aromatic nitrogens is 2. The highest BCUT2D eigenvalue weighted by atomic mass is 16.5. The summed E-state index contributed by atoms with van der Waals surface area (Å²) in [7, 11) is 0. The second kappa shape index (κ2) is 10.3. The Morgan fingerprint density at radius 2 is 1.69 bits per heavy atom. The molecule has 4 aromatic rings. The van der Waals surface area contributed by atoms with Crippen LogP contribution < -0.4 is 5.32 Å². The lowest BCUT2D eigenvalue weighted by Crippen LogP contribution is -2.41. The summed E-state index contributed by atoms with van der Waals surface area (Å²) in [5.41, 5.74) is 7.27. The van der Waals surface area contributed by atoms with Gasteiger partial charge in [-0.3, -0.25) is 14.8 Å². The number of ether oxygens (including phenoxy) is 1. The van der Waals surface area contributed by atoms with Crippen LogP contribution >= 0.6 is 0 Å². The number of likely N-dealkylation sites (tertiary alicyclic amines) is 1. The van der Waals surface area contributed by atoms with Crippen LogP contribution in [0.1, 0.15) is 46.7 Å². The van der Waals surface area contributed by atoms with Crippen LogP contribution in [0.25, 0.3) is 29.1 Å². The summed E-state index contributed by atoms with van der Waals surface area (Å²) in [6, 6.07) is 25.2. The number of carbonyl (C=O) groups is 1. The zero-order valence-corrected chi connectivity index (χ0v) is 21.8. The van der Waals surface area contributed by atoms with Crippen LogP contribution in [0, 0.1) is 0 Å². The first-order valence-electron chi connectivity index (χ1n) is 13.9. The van der Waals surface area contributed by atoms with Gasteiger partial charge in [-0.25, -0.2) is 0 Å². The maximum absolute atomic E-state index is 12.6. The number of carbonyl (C=O) groups excluding carboxylic acids is 1. The fourth-order valence-corrected chi connectivity index (χ4v) is 6.16. The van der Waals surface area contributed by atoms with Gasteiger partial charge in [0.25, 0.3) is 0 Å². The van der Waals surface area contributed by atoms with Crippen LogP contribution in [-0.2, 0) is 16.1 Å². The van der Waals surface area contributed by atoms with Gasteiger partial charge in [0, 0.05) is 43.1 Å². The first kappa shape index (κ1) is 24.1. The highest BCUT2D eigenvalue weighted by Gasteiger charge is 2.33. The summed E-state index contributed by atoms with van der Waals surface area (Å²) in [4.78, 5) is 15.1. The molecular weight excluding hydrogens is 484 g/mol. The van der Waals surface area contributed by atoms with Gasteiger partial charge in [-0.15, -0.1) is 0 Å². The molecule has 4 heterocycles. The lowest BCUT2D eigenvalue weighted by molar-refractivity contribution is -0.116. The molecule has 1 aromatic heterocycles. The first-order chi connectivity index (χ1) is 19.2. The average molecular weight is 517 g/mol. The van der Waals surface area contributed by atoms with Crippen molar-refractivity contribution >= 4 is 35.0 Å². The van der Waals surface area contributed by atoms with E-state index in [0.29, 0.717) is 18.8 Å². The molecule has 196 valence electrons. The minimum atomic E-state index is 0.000236. The fraction of sp³-hybridized carbons (Fsp3) is 0.273. The lowest BCUT2D eigenvalue weighted by Gasteiger charge is -2.32. The molecule has 0 aliphatic carbocycles. The van der Waals surface area contributed by atoms with Crippen molar-refractivity contribution < 1.29 is 9.53 Å². The number of nitrogens with zero attached hydrogens (tertiary/aromatic N) is 2. The molecule has 3 atom stereocenters. The van der Waals surface area contributed by atoms with Gasteiger partial charge in [-0.2, -0.15) is 5.10 Å². The number of aromatic amines is 1. The van der Waals surface area contributed by atoms with E-state index >= 15 is 0 Å². The number of morpholine rings is 1. The van der Waals surface area contributed by atoms with Crippen LogP contribution in [0.15, 0.2) is 78.4 Å². The molecule has 3 aliphatic heterocycles. The third-order valence-corrected chi connectivity index (χ3v) is 8.18. The summed E-state index contributed by atoms with van der Waals surface area (Å²) in [6.45, 7) is 3.70. The largest absolute Gasteiger partial charge is 0.372 e. The van der Waals surface area contributed by atoms with Crippen molar-refractivity contribution in [3.05, 3.63) is 106 Å². The summed E-state index contributed by atoms with van der Waals surface area (Å²) < 4.78 is 5.97. The molecule has 7 rings (SSSR count). The van der Waals surface area contributed by atoms with E-state index in [9.17, 15) is 4.79 Å². The third kappa shape index (κ3) is 5.05. The van der Waals surface area contributed by atoms with Gasteiger partial charge in [0.1, 0.15) is 0 Å². The zero-order valence-electron chi connectivity index (χ0n) is 21.8. The Balaban J connectivity index is 1.05. The SMILES string of the molecule is O=C1NCC(c2ccccc2)/C1=C\c1ccc2c(/C=C/c3ccc(CN4CC5CCC(C4)O5)cc3)n[nH]c2c1. The number of hydrogen-bond acceptors (Lipinski definition) is 4. The van der Waals surface area contributed by atoms with Gasteiger partial charge >= 0.3 is 0 Å². The molecule has 2 bridgehead atoms. The number of rotatable bonds is 6. The highest BCUT2D eigenvalue weighted by molar-refractivity contribution is 6.02. The number of fused-ring (bicyclic) bond motifs is 3. The van der Waals surface area contributed by atoms with Gasteiger partial charge in [0.15, 0.2) is 0 Å². The molecule has 3 saturated heterocycles. The van der Waals surface area contributed by atoms with E-state index in [4.69, 9.17) is 4.74 Å². The van der Waals surface area contributed by atoms with Crippen LogP contribution in [0.4, 0.5) is 0 Å². The summed E-state index contributed by atoms with van der Waals surface area (Å²) in [6.07, 6.45) is 9.43. The summed E-state index contributed by atoms with van der Waals surface area (Å²) in [5.74, 6) is 0.0604. The van der Waals surface area contributed by atoms with E-state index in [0.717, 1.165) is 58.5 Å². The van der Waals surface area contributed by atoms with Crippen molar-refractivity contribution in [1.29, 1.82) is 0 Å². The van der Waals surface area contributed by atoms with E-state index in [1.54, 1.807) is 0 Å². The van der Waals surface area contributed by atoms with Gasteiger partial charge < -0.3 is 10.1 Å². The Bertz CT molecular complexity index is 1540. The Labute approximate surface area is 228 Å². The molecule has 0 radical (unpaired) electrons. The molecule has 6 nitrogen and oxygen atoms in total. The summed E-state index contributed by atoms with van der Waals surface area (Å²) in [5, 5.41) is 11.8. The quantitative estimate of drug-likeness (QED) is 0.337. The number of amides is 1. The minimum Gasteiger partial charge on any atom is -0.372 e. The van der Waals surface area contributed by atoms with E-state index in [1.165, 1.54) is 18.4 Å². The van der Waals surface area contributed by atoms with Crippen LogP contribution in [-0.4, -0.2) is 52.8 Å². The molecule has 6 heteroatoms. The van der Waals surface area contributed by atoms with Crippen LogP contribution in [0.2, 0.25) is 0 Å². The van der Waals surface area contributed by atoms with Crippen LogP contribution in [0.3, 0.4) is 0 Å². The fourth-order valence-electron chi connectivity index (χ4n) is 6.16. The van der Waals surface area contributed by atoms with Crippen molar-refractivity contribution in [1.82, 2.24) is 20.4 Å². The number of H-pyrrole nitrogens is 1. The number of nitrogens with one attached hydrogen (secondary N) is 2. The van der Waals surface area contributed by atoms with E-state index in [2.05, 4.69) is 87.2 Å². The van der Waals surface area contributed by atoms with Crippen molar-refractivity contribution in [2.24, 2.45) is 0 Å². The van der Waals surface area contributed by atoms with E-state index in [-0.39, 0.29) is 11.8 Å². The lowest BCUT2D eigenvalue weighted by atomic mass is 9.92. The monoisotopic (exact) mass is 516 g/mol. The minimum absolute atomic E-state index is 0.000236. The van der Waals surface area contributed by atoms with Crippen molar-refractivity contribution in [3.8, 4) is 0 Å². The van der Waals surface area contributed by atoms with Crippen LogP contribution in [0.5, 0.6) is 0 Å². The highest BCUT2D eigenvalue weighted by Crippen LogP contribution is 2.31. The first-order valence-corrected chi connectivity index (χ1v) is 13.9. The topological polar surface area (TPSA) is 70.2 Å². The Morgan fingerprint density at radius 1 is 0.923 bits per heavy atom. The predicted octanol–water partition coefficient (Wildman–Crippen LogP) is 5.39. The zero-order chi connectivity index (χ0) is 26.2. The predicted molar refractivity (Wildman–Crippen MR) is 155 cm³/mol. The van der Waals surface area contributed by atoms with Gasteiger partial charge in [0.05, 0.1) is 23.4 Å². The number of hydrogen-bond donors (Lipinski definition) is 2. The van der Waals surface area contributed by atoms with E-state index in [1.807, 2.05) is 24.3 Å². The van der Waals surface area contributed by atoms with E-state index < -0.39 is 0 Å². The average Bonchev–Trinajstić information content (AvgIpc) is 3.65. The second-order valence-electron chi connectivity index (χ2n) is 10.9. The van der Waals surface area contributed by atoms with Crippen molar-refractivity contribution in [2.75, 3.05) is 19.6 Å². The molecule has 3 unspecified atom stereocenters. The molecule has 39 heavy (non-hydrogen) atoms. The molecule has 2 N–H and O–H groups in total. The number of benzene rings is 3.